The van der Waals surface area contributed by atoms with Crippen LogP contribution in [0.5, 0.6) is 0 Å². The maximum absolute atomic E-state index is 13.0. The third-order valence-corrected chi connectivity index (χ3v) is 8.67. The monoisotopic (exact) mass is 570 g/mol. The van der Waals surface area contributed by atoms with Crippen molar-refractivity contribution in [2.24, 2.45) is 0 Å². The summed E-state index contributed by atoms with van der Waals surface area (Å²) in [4.78, 5) is 22.9. The molecule has 36 heavy (non-hydrogen) atoms. The summed E-state index contributed by atoms with van der Waals surface area (Å²) in [5.41, 5.74) is -0.667. The SMILES string of the molecule is O=C(CSc1ncnc2sc3c(c12)CCCC3)NNS(=O)(=O)c1cc(C(F)(F)F)cc(C(F)(F)F)c1. The number of amides is 1. The van der Waals surface area contributed by atoms with Gasteiger partial charge in [-0.1, -0.05) is 11.8 Å². The van der Waals surface area contributed by atoms with Crippen molar-refractivity contribution < 1.29 is 39.6 Å². The van der Waals surface area contributed by atoms with Crippen molar-refractivity contribution in [2.75, 3.05) is 5.75 Å². The minimum Gasteiger partial charge on any atom is -0.277 e. The average molecular weight is 571 g/mol. The van der Waals surface area contributed by atoms with E-state index >= 15 is 0 Å². The molecule has 0 bridgehead atoms. The summed E-state index contributed by atoms with van der Waals surface area (Å²) in [7, 11) is -4.96. The molecular formula is C20H16F6N4O3S3. The second-order valence-electron chi connectivity index (χ2n) is 7.75. The Bertz CT molecular complexity index is 1390. The van der Waals surface area contributed by atoms with Gasteiger partial charge >= 0.3 is 12.4 Å². The molecule has 3 aromatic rings. The number of hydrogen-bond donors (Lipinski definition) is 2. The van der Waals surface area contributed by atoms with Gasteiger partial charge in [-0.15, -0.1) is 16.2 Å². The fourth-order valence-corrected chi connectivity index (χ4v) is 6.65. The number of alkyl halides is 6. The van der Waals surface area contributed by atoms with Crippen molar-refractivity contribution >= 4 is 49.2 Å². The highest BCUT2D eigenvalue weighted by atomic mass is 32.2. The van der Waals surface area contributed by atoms with Gasteiger partial charge in [0.05, 0.1) is 21.8 Å². The Hall–Kier alpha value is -2.43. The van der Waals surface area contributed by atoms with Crippen molar-refractivity contribution in [3.05, 3.63) is 46.1 Å². The molecule has 1 aliphatic carbocycles. The number of nitrogens with zero attached hydrogens (tertiary/aromatic N) is 2. The summed E-state index contributed by atoms with van der Waals surface area (Å²) in [6, 6.07) is -0.0918. The zero-order valence-electron chi connectivity index (χ0n) is 18.0. The van der Waals surface area contributed by atoms with E-state index in [-0.39, 0.29) is 24.0 Å². The lowest BCUT2D eigenvalue weighted by atomic mass is 9.97. The van der Waals surface area contributed by atoms with Crippen LogP contribution in [0.15, 0.2) is 34.4 Å². The van der Waals surface area contributed by atoms with Crippen LogP contribution < -0.4 is 10.3 Å². The van der Waals surface area contributed by atoms with Crippen LogP contribution in [-0.4, -0.2) is 30.0 Å². The molecule has 4 rings (SSSR count). The number of carbonyl (C=O) groups is 1. The third-order valence-electron chi connectivity index (χ3n) is 5.25. The molecule has 0 radical (unpaired) electrons. The molecule has 16 heteroatoms. The molecule has 0 spiro atoms. The summed E-state index contributed by atoms with van der Waals surface area (Å²) in [6.07, 6.45) is -5.27. The Balaban J connectivity index is 1.47. The first-order valence-corrected chi connectivity index (χ1v) is 13.5. The van der Waals surface area contributed by atoms with Crippen LogP contribution in [-0.2, 0) is 40.0 Å². The maximum atomic E-state index is 13.0. The summed E-state index contributed by atoms with van der Waals surface area (Å²) in [6.45, 7) is 0. The summed E-state index contributed by atoms with van der Waals surface area (Å²) >= 11 is 2.55. The number of rotatable bonds is 6. The Labute approximate surface area is 208 Å². The number of carbonyl (C=O) groups excluding carboxylic acids is 1. The second-order valence-corrected chi connectivity index (χ2v) is 11.5. The van der Waals surface area contributed by atoms with E-state index in [1.165, 1.54) is 11.2 Å². The number of sulfonamides is 1. The molecule has 1 aromatic carbocycles. The number of thioether (sulfide) groups is 1. The van der Waals surface area contributed by atoms with E-state index in [1.54, 1.807) is 16.2 Å². The fourth-order valence-electron chi connectivity index (χ4n) is 3.61. The van der Waals surface area contributed by atoms with E-state index in [2.05, 4.69) is 9.97 Å². The second kappa shape index (κ2) is 9.79. The van der Waals surface area contributed by atoms with Crippen molar-refractivity contribution in [2.45, 2.75) is 48.0 Å². The topological polar surface area (TPSA) is 101 Å². The molecule has 0 unspecified atom stereocenters. The van der Waals surface area contributed by atoms with E-state index in [1.807, 2.05) is 5.43 Å². The number of halogens is 6. The first kappa shape index (κ1) is 26.6. The molecule has 194 valence electrons. The Kier molecular flexibility index (Phi) is 7.24. The van der Waals surface area contributed by atoms with Crippen LogP contribution >= 0.6 is 23.1 Å². The third kappa shape index (κ3) is 5.76. The van der Waals surface area contributed by atoms with E-state index in [9.17, 15) is 39.6 Å². The number of aryl methyl sites for hydroxylation is 2. The average Bonchev–Trinajstić information content (AvgIpc) is 3.19. The summed E-state index contributed by atoms with van der Waals surface area (Å²) in [5, 5.41) is 1.35. The van der Waals surface area contributed by atoms with Crippen LogP contribution in [0.4, 0.5) is 26.3 Å². The quantitative estimate of drug-likeness (QED) is 0.193. The van der Waals surface area contributed by atoms with Crippen LogP contribution in [0.2, 0.25) is 0 Å². The molecule has 1 aliphatic rings. The van der Waals surface area contributed by atoms with Crippen molar-refractivity contribution in [3.63, 3.8) is 0 Å². The molecule has 0 fully saturated rings. The molecule has 0 atom stereocenters. The first-order valence-electron chi connectivity index (χ1n) is 10.2. The Morgan fingerprint density at radius 2 is 1.64 bits per heavy atom. The number of aromatic nitrogens is 2. The van der Waals surface area contributed by atoms with Gasteiger partial charge < -0.3 is 0 Å². The molecule has 7 nitrogen and oxygen atoms in total. The lowest BCUT2D eigenvalue weighted by Gasteiger charge is -2.15. The number of hydrazine groups is 1. The Morgan fingerprint density at radius 1 is 1.00 bits per heavy atom. The van der Waals surface area contributed by atoms with E-state index in [0.717, 1.165) is 53.2 Å². The molecule has 2 aromatic heterocycles. The highest BCUT2D eigenvalue weighted by Gasteiger charge is 2.38. The normalized spacial score (nSPS) is 14.6. The van der Waals surface area contributed by atoms with E-state index in [4.69, 9.17) is 0 Å². The molecule has 0 aliphatic heterocycles. The number of benzene rings is 1. The van der Waals surface area contributed by atoms with Gasteiger partial charge in [0.15, 0.2) is 0 Å². The standard InChI is InChI=1S/C20H16F6N4O3S3/c21-19(22,23)10-5-11(20(24,25)26)7-12(6-10)36(32,33)30-29-15(31)8-34-17-16-13-3-1-2-4-14(13)35-18(16)28-9-27-17/h5-7,9,30H,1-4,8H2,(H,29,31). The molecular weight excluding hydrogens is 554 g/mol. The van der Waals surface area contributed by atoms with Gasteiger partial charge in [0, 0.05) is 10.3 Å². The number of fused-ring (bicyclic) bond motifs is 3. The molecule has 2 heterocycles. The lowest BCUT2D eigenvalue weighted by Crippen LogP contribution is -2.42. The lowest BCUT2D eigenvalue weighted by molar-refractivity contribution is -0.143. The van der Waals surface area contributed by atoms with Gasteiger partial charge in [-0.2, -0.15) is 26.3 Å². The van der Waals surface area contributed by atoms with E-state index in [0.29, 0.717) is 5.03 Å². The molecule has 0 saturated heterocycles. The van der Waals surface area contributed by atoms with E-state index < -0.39 is 44.3 Å². The summed E-state index contributed by atoms with van der Waals surface area (Å²) < 4.78 is 103. The van der Waals surface area contributed by atoms with Crippen LogP contribution in [0.3, 0.4) is 0 Å². The van der Waals surface area contributed by atoms with Gasteiger partial charge in [-0.25, -0.2) is 18.4 Å². The van der Waals surface area contributed by atoms with Crippen molar-refractivity contribution in [1.29, 1.82) is 0 Å². The number of nitrogens with one attached hydrogen (secondary N) is 2. The zero-order chi connectivity index (χ0) is 26.3. The predicted molar refractivity (Wildman–Crippen MR) is 120 cm³/mol. The van der Waals surface area contributed by atoms with Crippen LogP contribution in [0.25, 0.3) is 10.2 Å². The highest BCUT2D eigenvalue weighted by Crippen LogP contribution is 2.39. The largest absolute Gasteiger partial charge is 0.416 e. The fraction of sp³-hybridized carbons (Fsp3) is 0.350. The van der Waals surface area contributed by atoms with Gasteiger partial charge in [0.2, 0.25) is 5.91 Å². The highest BCUT2D eigenvalue weighted by molar-refractivity contribution is 8.00. The smallest absolute Gasteiger partial charge is 0.277 e. The van der Waals surface area contributed by atoms with Gasteiger partial charge in [0.25, 0.3) is 10.0 Å². The maximum Gasteiger partial charge on any atom is 0.416 e. The van der Waals surface area contributed by atoms with Crippen LogP contribution in [0.1, 0.15) is 34.4 Å². The van der Waals surface area contributed by atoms with Crippen molar-refractivity contribution in [3.8, 4) is 0 Å². The summed E-state index contributed by atoms with van der Waals surface area (Å²) in [5.74, 6) is -1.21. The zero-order valence-corrected chi connectivity index (χ0v) is 20.4. The first-order chi connectivity index (χ1) is 16.8. The van der Waals surface area contributed by atoms with Gasteiger partial charge in [0.1, 0.15) is 16.2 Å². The van der Waals surface area contributed by atoms with Gasteiger partial charge in [-0.3, -0.25) is 10.2 Å². The minimum absolute atomic E-state index is 0.0514. The number of hydrogen-bond acceptors (Lipinski definition) is 7. The van der Waals surface area contributed by atoms with Crippen LogP contribution in [0, 0.1) is 0 Å². The number of thiophene rings is 1. The van der Waals surface area contributed by atoms with Crippen molar-refractivity contribution in [1.82, 2.24) is 20.2 Å². The Morgan fingerprint density at radius 3 is 2.28 bits per heavy atom. The molecule has 0 saturated carbocycles. The molecule has 2 N–H and O–H groups in total. The minimum atomic E-state index is -5.23. The van der Waals surface area contributed by atoms with Gasteiger partial charge in [-0.05, 0) is 49.4 Å². The molecule has 1 amide bonds. The predicted octanol–water partition coefficient (Wildman–Crippen LogP) is 4.71.